The summed E-state index contributed by atoms with van der Waals surface area (Å²) in [7, 11) is 0. The van der Waals surface area contributed by atoms with E-state index in [1.807, 2.05) is 18.5 Å². The van der Waals surface area contributed by atoms with Crippen molar-refractivity contribution in [2.24, 2.45) is 0 Å². The third-order valence-corrected chi connectivity index (χ3v) is 4.90. The number of ketones is 1. The molecule has 1 aromatic heterocycles. The summed E-state index contributed by atoms with van der Waals surface area (Å²) in [5.74, 6) is -0.591. The summed E-state index contributed by atoms with van der Waals surface area (Å²) in [6, 6.07) is 5.01. The average molecular weight is 316 g/mol. The second kappa shape index (κ2) is 5.57. The van der Waals surface area contributed by atoms with Crippen LogP contribution in [0.25, 0.3) is 0 Å². The van der Waals surface area contributed by atoms with E-state index >= 15 is 0 Å². The molecule has 1 atom stereocenters. The summed E-state index contributed by atoms with van der Waals surface area (Å²) >= 11 is 0. The lowest BCUT2D eigenvalue weighted by Crippen LogP contribution is -2.40. The van der Waals surface area contributed by atoms with E-state index in [9.17, 15) is 14.3 Å². The van der Waals surface area contributed by atoms with Gasteiger partial charge in [0.25, 0.3) is 0 Å². The number of nitrogens with zero attached hydrogens (tertiary/aromatic N) is 2. The van der Waals surface area contributed by atoms with Crippen molar-refractivity contribution in [1.29, 1.82) is 0 Å². The molecular formula is C18H21FN2O2. The predicted octanol–water partition coefficient (Wildman–Crippen LogP) is 2.51. The van der Waals surface area contributed by atoms with Crippen molar-refractivity contribution in [1.82, 2.24) is 9.78 Å². The van der Waals surface area contributed by atoms with Gasteiger partial charge in [0.15, 0.2) is 5.78 Å². The van der Waals surface area contributed by atoms with Crippen molar-refractivity contribution in [3.05, 3.63) is 52.6 Å². The molecule has 0 bridgehead atoms. The Bertz CT molecular complexity index is 766. The Kier molecular flexibility index (Phi) is 3.84. The third kappa shape index (κ3) is 2.30. The number of rotatable bonds is 4. The van der Waals surface area contributed by atoms with Gasteiger partial charge in [-0.15, -0.1) is 0 Å². The largest absolute Gasteiger partial charge is 0.389 e. The molecule has 5 heteroatoms. The third-order valence-electron chi connectivity index (χ3n) is 4.90. The number of hydrogen-bond acceptors (Lipinski definition) is 3. The fraction of sp³-hybridized carbons (Fsp3) is 0.444. The maximum atomic E-state index is 14.0. The van der Waals surface area contributed by atoms with Gasteiger partial charge in [0, 0.05) is 18.2 Å². The molecule has 1 aliphatic carbocycles. The zero-order chi connectivity index (χ0) is 16.8. The van der Waals surface area contributed by atoms with E-state index in [4.69, 9.17) is 0 Å². The molecular weight excluding hydrogens is 295 g/mol. The van der Waals surface area contributed by atoms with Crippen LogP contribution >= 0.6 is 0 Å². The lowest BCUT2D eigenvalue weighted by molar-refractivity contribution is -0.127. The van der Waals surface area contributed by atoms with Gasteiger partial charge in [-0.25, -0.2) is 4.39 Å². The van der Waals surface area contributed by atoms with E-state index in [1.165, 1.54) is 6.07 Å². The molecule has 4 nitrogen and oxygen atoms in total. The number of hydrogen-bond donors (Lipinski definition) is 1. The molecule has 3 rings (SSSR count). The molecule has 0 spiro atoms. The maximum Gasteiger partial charge on any atom is 0.169 e. The minimum atomic E-state index is -0.898. The Hall–Kier alpha value is -2.01. The van der Waals surface area contributed by atoms with Crippen molar-refractivity contribution < 1.29 is 14.3 Å². The highest BCUT2D eigenvalue weighted by Gasteiger charge is 2.47. The SMILES string of the molecule is Cc1c(F)cccc1[C@]1(C(=O)CO)Cc2cnn(C(C)C)c2C1. The van der Waals surface area contributed by atoms with E-state index in [2.05, 4.69) is 5.10 Å². The van der Waals surface area contributed by atoms with E-state index in [1.54, 1.807) is 25.3 Å². The zero-order valence-electron chi connectivity index (χ0n) is 13.6. The molecule has 0 amide bonds. The Morgan fingerprint density at radius 3 is 2.83 bits per heavy atom. The van der Waals surface area contributed by atoms with Crippen molar-refractivity contribution in [2.45, 2.75) is 45.1 Å². The molecule has 1 N–H and O–H groups in total. The van der Waals surface area contributed by atoms with E-state index in [-0.39, 0.29) is 17.6 Å². The minimum Gasteiger partial charge on any atom is -0.389 e. The number of benzene rings is 1. The summed E-state index contributed by atoms with van der Waals surface area (Å²) in [6.07, 6.45) is 2.69. The van der Waals surface area contributed by atoms with Gasteiger partial charge in [0.2, 0.25) is 0 Å². The fourth-order valence-electron chi connectivity index (χ4n) is 3.70. The number of carbonyl (C=O) groups is 1. The number of halogens is 1. The van der Waals surface area contributed by atoms with E-state index in [0.29, 0.717) is 24.0 Å². The minimum absolute atomic E-state index is 0.187. The Balaban J connectivity index is 2.15. The molecule has 0 radical (unpaired) electrons. The van der Waals surface area contributed by atoms with Gasteiger partial charge in [0.05, 0.1) is 11.6 Å². The number of carbonyl (C=O) groups excluding carboxylic acids is 1. The van der Waals surface area contributed by atoms with Crippen LogP contribution in [-0.2, 0) is 23.1 Å². The summed E-state index contributed by atoms with van der Waals surface area (Å²) in [5, 5.41) is 13.9. The van der Waals surface area contributed by atoms with E-state index in [0.717, 1.165) is 11.3 Å². The second-order valence-corrected chi connectivity index (χ2v) is 6.58. The van der Waals surface area contributed by atoms with Gasteiger partial charge in [-0.05, 0) is 49.9 Å². The van der Waals surface area contributed by atoms with Gasteiger partial charge in [0.1, 0.15) is 12.4 Å². The highest BCUT2D eigenvalue weighted by molar-refractivity contribution is 5.93. The van der Waals surface area contributed by atoms with Gasteiger partial charge in [-0.3, -0.25) is 9.48 Å². The van der Waals surface area contributed by atoms with Crippen LogP contribution in [0.4, 0.5) is 4.39 Å². The van der Waals surface area contributed by atoms with Crippen molar-refractivity contribution >= 4 is 5.78 Å². The Labute approximate surface area is 134 Å². The second-order valence-electron chi connectivity index (χ2n) is 6.58. The van der Waals surface area contributed by atoms with Crippen LogP contribution in [0.5, 0.6) is 0 Å². The first kappa shape index (κ1) is 15.9. The van der Waals surface area contributed by atoms with Crippen LogP contribution in [0.3, 0.4) is 0 Å². The molecule has 0 unspecified atom stereocenters. The van der Waals surface area contributed by atoms with Crippen LogP contribution in [0.1, 0.15) is 42.3 Å². The molecule has 0 aliphatic heterocycles. The molecule has 0 fully saturated rings. The van der Waals surface area contributed by atoms with Crippen LogP contribution in [0, 0.1) is 12.7 Å². The molecule has 0 saturated heterocycles. The first-order valence-electron chi connectivity index (χ1n) is 7.85. The first-order valence-corrected chi connectivity index (χ1v) is 7.85. The number of fused-ring (bicyclic) bond motifs is 1. The summed E-state index contributed by atoms with van der Waals surface area (Å²) in [5.41, 5.74) is 2.26. The lowest BCUT2D eigenvalue weighted by atomic mass is 9.72. The molecule has 23 heavy (non-hydrogen) atoms. The van der Waals surface area contributed by atoms with Crippen LogP contribution < -0.4 is 0 Å². The normalized spacial score (nSPS) is 20.1. The van der Waals surface area contributed by atoms with Gasteiger partial charge in [-0.2, -0.15) is 5.10 Å². The van der Waals surface area contributed by atoms with Gasteiger partial charge < -0.3 is 5.11 Å². The molecule has 122 valence electrons. The number of Topliss-reactive ketones (excluding diaryl/α,β-unsaturated/α-hetero) is 1. The van der Waals surface area contributed by atoms with Crippen molar-refractivity contribution in [3.63, 3.8) is 0 Å². The summed E-state index contributed by atoms with van der Waals surface area (Å²) < 4.78 is 16.0. The number of aromatic nitrogens is 2. The average Bonchev–Trinajstić information content (AvgIpc) is 3.07. The highest BCUT2D eigenvalue weighted by atomic mass is 19.1. The van der Waals surface area contributed by atoms with Crippen LogP contribution in [-0.4, -0.2) is 27.3 Å². The van der Waals surface area contributed by atoms with Crippen molar-refractivity contribution in [3.8, 4) is 0 Å². The number of aliphatic hydroxyl groups is 1. The van der Waals surface area contributed by atoms with Crippen molar-refractivity contribution in [2.75, 3.05) is 6.61 Å². The maximum absolute atomic E-state index is 14.0. The molecule has 2 aromatic rings. The fourth-order valence-corrected chi connectivity index (χ4v) is 3.70. The topological polar surface area (TPSA) is 55.1 Å². The number of aliphatic hydroxyl groups excluding tert-OH is 1. The Morgan fingerprint density at radius 2 is 2.17 bits per heavy atom. The lowest BCUT2D eigenvalue weighted by Gasteiger charge is -2.29. The quantitative estimate of drug-likeness (QED) is 0.943. The monoisotopic (exact) mass is 316 g/mol. The molecule has 1 aliphatic rings. The van der Waals surface area contributed by atoms with Gasteiger partial charge in [-0.1, -0.05) is 12.1 Å². The van der Waals surface area contributed by atoms with E-state index < -0.39 is 12.0 Å². The van der Waals surface area contributed by atoms with Crippen LogP contribution in [0.2, 0.25) is 0 Å². The smallest absolute Gasteiger partial charge is 0.169 e. The summed E-state index contributed by atoms with van der Waals surface area (Å²) in [6.45, 7) is 5.22. The molecule has 1 heterocycles. The van der Waals surface area contributed by atoms with Gasteiger partial charge >= 0.3 is 0 Å². The van der Waals surface area contributed by atoms with Crippen LogP contribution in [0.15, 0.2) is 24.4 Å². The predicted molar refractivity (Wildman–Crippen MR) is 84.9 cm³/mol. The zero-order valence-corrected chi connectivity index (χ0v) is 13.6. The highest BCUT2D eigenvalue weighted by Crippen LogP contribution is 2.42. The summed E-state index contributed by atoms with van der Waals surface area (Å²) in [4.78, 5) is 12.6. The first-order chi connectivity index (χ1) is 10.9. The standard InChI is InChI=1S/C18H21FN2O2/c1-11(2)21-16-8-18(17(23)10-22,7-13(16)9-20-21)14-5-4-6-15(19)12(14)3/h4-6,9,11,22H,7-8,10H2,1-3H3/t18-/m0/s1. The molecule has 0 saturated carbocycles. The molecule has 1 aromatic carbocycles. The Morgan fingerprint density at radius 1 is 1.43 bits per heavy atom.